The van der Waals surface area contributed by atoms with Crippen LogP contribution in [0, 0.1) is 11.8 Å². The summed E-state index contributed by atoms with van der Waals surface area (Å²) < 4.78 is 83.7. The molecule has 7 aliphatic rings. The predicted octanol–water partition coefficient (Wildman–Crippen LogP) is -9.99. The molecule has 7 rings (SSSR count). The Balaban J connectivity index is 1.18. The van der Waals surface area contributed by atoms with Gasteiger partial charge in [-0.05, 0) is 20.8 Å². The Bertz CT molecular complexity index is 1780. The molecule has 76 heavy (non-hydrogen) atoms. The average molecular weight is 1120 g/mol. The molecule has 7 aliphatic heterocycles. The van der Waals surface area contributed by atoms with Crippen LogP contribution >= 0.6 is 0 Å². The van der Waals surface area contributed by atoms with Crippen molar-refractivity contribution in [2.24, 2.45) is 11.8 Å². The molecular formula is C45H78O31. The van der Waals surface area contributed by atoms with Crippen LogP contribution in [0.3, 0.4) is 0 Å². The number of aliphatic hydroxyl groups is 17. The standard InChI is InChI=1S/C45H78O31/c1-11-33(71-41-29(59)25(55)20(50)13(3)64-41)35(18(9-48)69-39(11)63-6)73-44-32(62)37(24(54)17(8-47)67-44)75-40-12(2)34(72-42-30(60)26(56)21(51)14(4)65-42)36(19(10-49)70-40)74-45-38(28(58)23(53)16(7-46)68-45)76-43-31(61)27(57)22(52)15(5)66-43/h11-62H,7-10H2,1-6H3/t11-,12-,13?,14?,15-,16?,17?,18?,19?,20+,21+,22+,23-,24-,25-,26-,27?,28?,29?,30?,31?,32?,33?,34?,35+,36+,37?,38?,39+,40-,41-,42-,43-,44-,45-/m0/s1. The minimum atomic E-state index is -2.06. The van der Waals surface area contributed by atoms with Crippen LogP contribution in [0.4, 0.5) is 0 Å². The molecule has 0 bridgehead atoms. The Morgan fingerprint density at radius 3 is 1.00 bits per heavy atom. The molecule has 31 heteroatoms. The van der Waals surface area contributed by atoms with Gasteiger partial charge in [0.15, 0.2) is 44.0 Å². The molecule has 0 saturated carbocycles. The van der Waals surface area contributed by atoms with Crippen molar-refractivity contribution >= 4 is 0 Å². The number of rotatable bonds is 17. The second kappa shape index (κ2) is 26.3. The molecule has 0 aromatic heterocycles. The highest BCUT2D eigenvalue weighted by atomic mass is 16.8. The fourth-order valence-electron chi connectivity index (χ4n) is 10.5. The summed E-state index contributed by atoms with van der Waals surface area (Å²) in [5, 5.41) is 184. The van der Waals surface area contributed by atoms with Gasteiger partial charge in [0, 0.05) is 18.9 Å². The second-order valence-corrected chi connectivity index (χ2v) is 20.5. The van der Waals surface area contributed by atoms with E-state index >= 15 is 0 Å². The minimum absolute atomic E-state index is 0.770. The first-order valence-electron chi connectivity index (χ1n) is 25.2. The van der Waals surface area contributed by atoms with Gasteiger partial charge in [0.05, 0.1) is 56.9 Å². The van der Waals surface area contributed by atoms with Gasteiger partial charge in [-0.3, -0.25) is 0 Å². The number of methoxy groups -OCH3 is 1. The van der Waals surface area contributed by atoms with Gasteiger partial charge in [0.25, 0.3) is 0 Å². The zero-order valence-corrected chi connectivity index (χ0v) is 42.4. The van der Waals surface area contributed by atoms with Gasteiger partial charge in [0.1, 0.15) is 128 Å². The third-order valence-corrected chi connectivity index (χ3v) is 15.3. The van der Waals surface area contributed by atoms with Crippen molar-refractivity contribution < 1.29 is 153 Å². The van der Waals surface area contributed by atoms with Crippen molar-refractivity contribution in [3.63, 3.8) is 0 Å². The lowest BCUT2D eigenvalue weighted by atomic mass is 9.90. The third-order valence-electron chi connectivity index (χ3n) is 15.3. The average Bonchev–Trinajstić information content (AvgIpc) is 3.42. The topological polar surface area (TPSA) is 473 Å². The molecule has 444 valence electrons. The lowest BCUT2D eigenvalue weighted by molar-refractivity contribution is -0.407. The molecule has 0 aliphatic carbocycles. The summed E-state index contributed by atoms with van der Waals surface area (Å²) in [4.78, 5) is 0. The van der Waals surface area contributed by atoms with Crippen molar-refractivity contribution in [2.45, 2.75) is 237 Å². The Morgan fingerprint density at radius 2 is 0.579 bits per heavy atom. The Hall–Kier alpha value is -1.24. The van der Waals surface area contributed by atoms with Crippen molar-refractivity contribution in [1.29, 1.82) is 0 Å². The van der Waals surface area contributed by atoms with Crippen LogP contribution in [0.1, 0.15) is 34.6 Å². The van der Waals surface area contributed by atoms with Crippen molar-refractivity contribution in [2.75, 3.05) is 33.5 Å². The van der Waals surface area contributed by atoms with Crippen molar-refractivity contribution in [1.82, 2.24) is 0 Å². The molecule has 7 fully saturated rings. The smallest absolute Gasteiger partial charge is 0.187 e. The summed E-state index contributed by atoms with van der Waals surface area (Å²) in [5.41, 5.74) is 0. The van der Waals surface area contributed by atoms with Crippen LogP contribution in [0.25, 0.3) is 0 Å². The summed E-state index contributed by atoms with van der Waals surface area (Å²) in [6.07, 6.45) is -54.9. The zero-order chi connectivity index (χ0) is 55.9. The van der Waals surface area contributed by atoms with Crippen LogP contribution in [0.5, 0.6) is 0 Å². The molecule has 7 heterocycles. The molecule has 0 spiro atoms. The monoisotopic (exact) mass is 1110 g/mol. The largest absolute Gasteiger partial charge is 0.394 e. The molecule has 17 N–H and O–H groups in total. The molecule has 7 saturated heterocycles. The van der Waals surface area contributed by atoms with Gasteiger partial charge < -0.3 is 153 Å². The predicted molar refractivity (Wildman–Crippen MR) is 239 cm³/mol. The van der Waals surface area contributed by atoms with E-state index in [1.165, 1.54) is 34.8 Å². The Kier molecular flexibility index (Phi) is 21.6. The van der Waals surface area contributed by atoms with E-state index in [0.717, 1.165) is 0 Å². The number of hydrogen-bond acceptors (Lipinski definition) is 31. The number of aliphatic hydroxyl groups excluding tert-OH is 17. The summed E-state index contributed by atoms with van der Waals surface area (Å²) in [7, 11) is 1.31. The van der Waals surface area contributed by atoms with E-state index in [4.69, 9.17) is 66.3 Å². The maximum Gasteiger partial charge on any atom is 0.187 e. The maximum absolute atomic E-state index is 12.1. The fraction of sp³-hybridized carbons (Fsp3) is 1.00. The van der Waals surface area contributed by atoms with Gasteiger partial charge in [-0.15, -0.1) is 0 Å². The van der Waals surface area contributed by atoms with Crippen LogP contribution < -0.4 is 0 Å². The first kappa shape index (κ1) is 62.4. The molecule has 16 unspecified atom stereocenters. The van der Waals surface area contributed by atoms with E-state index in [2.05, 4.69) is 0 Å². The normalized spacial score (nSPS) is 54.6. The van der Waals surface area contributed by atoms with E-state index in [1.54, 1.807) is 6.92 Å². The van der Waals surface area contributed by atoms with E-state index < -0.39 is 241 Å². The molecule has 31 nitrogen and oxygen atoms in total. The quantitative estimate of drug-likeness (QED) is 0.0643. The van der Waals surface area contributed by atoms with Crippen LogP contribution in [0.2, 0.25) is 0 Å². The van der Waals surface area contributed by atoms with Crippen molar-refractivity contribution in [3.8, 4) is 0 Å². The summed E-state index contributed by atoms with van der Waals surface area (Å²) in [6, 6.07) is 0. The lowest BCUT2D eigenvalue weighted by Crippen LogP contribution is -2.68. The van der Waals surface area contributed by atoms with Gasteiger partial charge >= 0.3 is 0 Å². The van der Waals surface area contributed by atoms with Crippen LogP contribution in [0.15, 0.2) is 0 Å². The summed E-state index contributed by atoms with van der Waals surface area (Å²) in [5.74, 6) is -2.13. The molecule has 35 atom stereocenters. The molecule has 0 aromatic rings. The van der Waals surface area contributed by atoms with Gasteiger partial charge in [-0.1, -0.05) is 13.8 Å². The highest BCUT2D eigenvalue weighted by molar-refractivity contribution is 5.00. The Labute approximate surface area is 435 Å². The summed E-state index contributed by atoms with van der Waals surface area (Å²) >= 11 is 0. The SMILES string of the molecule is CO[C@@H]1OC(CO)[C@@H](O[C@@H]2OC(CO)[C@H](O)C(O[C@@H]3OC(CO)[C@@H](O[C@@H]4OC(CO)[C@H](O)C(O)C4O[C@@H]4O[C@@H](C)[C@@H](O)C(O)C4O)C(O[C@@H]4OC(C)[C@@H](O)[C@H](O)C4O)[C@@H]3C)C2O)C(O[C@@H]2OC(C)[C@@H](O)[C@H](O)C2O)[C@@H]1C. The highest BCUT2D eigenvalue weighted by Gasteiger charge is 2.59. The molecule has 0 aromatic carbocycles. The second-order valence-electron chi connectivity index (χ2n) is 20.5. The highest BCUT2D eigenvalue weighted by Crippen LogP contribution is 2.41. The minimum Gasteiger partial charge on any atom is -0.394 e. The Morgan fingerprint density at radius 1 is 0.263 bits per heavy atom. The molecular weight excluding hydrogens is 1040 g/mol. The zero-order valence-electron chi connectivity index (χ0n) is 42.4. The van der Waals surface area contributed by atoms with E-state index in [9.17, 15) is 86.8 Å². The van der Waals surface area contributed by atoms with Crippen LogP contribution in [-0.4, -0.2) is 323 Å². The van der Waals surface area contributed by atoms with E-state index in [0.29, 0.717) is 0 Å². The number of hydrogen-bond donors (Lipinski definition) is 17. The first-order chi connectivity index (χ1) is 35.9. The molecule has 0 amide bonds. The summed E-state index contributed by atoms with van der Waals surface area (Å²) in [6.45, 7) is 3.52. The number of ether oxygens (including phenoxy) is 14. The molecule has 0 radical (unpaired) electrons. The van der Waals surface area contributed by atoms with Gasteiger partial charge in [-0.2, -0.15) is 0 Å². The third kappa shape index (κ3) is 12.6. The first-order valence-corrected chi connectivity index (χ1v) is 25.2. The van der Waals surface area contributed by atoms with E-state index in [1.807, 2.05) is 0 Å². The maximum atomic E-state index is 12.1. The van der Waals surface area contributed by atoms with Gasteiger partial charge in [0.2, 0.25) is 0 Å². The lowest BCUT2D eigenvalue weighted by Gasteiger charge is -2.52. The van der Waals surface area contributed by atoms with Crippen LogP contribution in [-0.2, 0) is 66.3 Å². The van der Waals surface area contributed by atoms with Gasteiger partial charge in [-0.25, -0.2) is 0 Å². The van der Waals surface area contributed by atoms with Crippen molar-refractivity contribution in [3.05, 3.63) is 0 Å². The van der Waals surface area contributed by atoms with E-state index in [-0.39, 0.29) is 0 Å². The fourth-order valence-corrected chi connectivity index (χ4v) is 10.5.